The molecule has 0 heterocycles. The number of hydrogen-bond donors (Lipinski definition) is 3. The fraction of sp³-hybridized carbons (Fsp3) is 0.100. The Morgan fingerprint density at radius 3 is 2.08 bits per heavy atom. The molecule has 0 saturated heterocycles. The fourth-order valence-corrected chi connectivity index (χ4v) is 4.81. The molecule has 0 radical (unpaired) electrons. The van der Waals surface area contributed by atoms with E-state index in [1.165, 1.54) is 23.9 Å². The molecule has 1 unspecified atom stereocenters. The Hall–Kier alpha value is -4.36. The van der Waals surface area contributed by atoms with Crippen LogP contribution in [-0.4, -0.2) is 22.9 Å². The van der Waals surface area contributed by atoms with E-state index in [0.29, 0.717) is 5.69 Å². The van der Waals surface area contributed by atoms with E-state index in [4.69, 9.17) is 0 Å². The zero-order valence-corrected chi connectivity index (χ0v) is 21.2. The van der Waals surface area contributed by atoms with Gasteiger partial charge in [0.25, 0.3) is 5.91 Å². The largest absolute Gasteiger partial charge is 0.478 e. The van der Waals surface area contributed by atoms with E-state index in [1.54, 1.807) is 24.3 Å². The van der Waals surface area contributed by atoms with Crippen LogP contribution in [0, 0.1) is 13.8 Å². The number of carboxylic acid groups (broad SMARTS) is 1. The van der Waals surface area contributed by atoms with Gasteiger partial charge in [-0.3, -0.25) is 9.59 Å². The molecule has 4 aromatic carbocycles. The Morgan fingerprint density at radius 2 is 1.41 bits per heavy atom. The van der Waals surface area contributed by atoms with Crippen LogP contribution < -0.4 is 10.6 Å². The highest BCUT2D eigenvalue weighted by Crippen LogP contribution is 2.37. The number of thioether (sulfide) groups is 1. The highest BCUT2D eigenvalue weighted by atomic mass is 32.2. The summed E-state index contributed by atoms with van der Waals surface area (Å²) in [6.07, 6.45) is 0. The number of nitrogens with one attached hydrogen (secondary N) is 2. The zero-order chi connectivity index (χ0) is 26.4. The van der Waals surface area contributed by atoms with Crippen molar-refractivity contribution in [2.24, 2.45) is 0 Å². The van der Waals surface area contributed by atoms with Crippen molar-refractivity contribution < 1.29 is 19.5 Å². The highest BCUT2D eigenvalue weighted by molar-refractivity contribution is 8.00. The number of aromatic carboxylic acids is 1. The average molecular weight is 511 g/mol. The third-order valence-electron chi connectivity index (χ3n) is 5.76. The number of carbonyl (C=O) groups is 3. The number of aryl methyl sites for hydroxylation is 2. The SMILES string of the molecule is Cc1ccc(C)c(NC(=O)C(Sc2ccc(NC(=O)c3ccccc3C(=O)O)cc2)c2ccccc2)c1. The van der Waals surface area contributed by atoms with Gasteiger partial charge in [0.2, 0.25) is 5.91 Å². The summed E-state index contributed by atoms with van der Waals surface area (Å²) in [6, 6.07) is 28.7. The number of carboxylic acids is 1. The van der Waals surface area contributed by atoms with Gasteiger partial charge >= 0.3 is 5.97 Å². The third kappa shape index (κ3) is 6.45. The van der Waals surface area contributed by atoms with Gasteiger partial charge in [0, 0.05) is 16.3 Å². The lowest BCUT2D eigenvalue weighted by molar-refractivity contribution is -0.115. The molecule has 6 nitrogen and oxygen atoms in total. The van der Waals surface area contributed by atoms with Crippen LogP contribution >= 0.6 is 11.8 Å². The third-order valence-corrected chi connectivity index (χ3v) is 7.03. The summed E-state index contributed by atoms with van der Waals surface area (Å²) in [5.41, 5.74) is 4.25. The summed E-state index contributed by atoms with van der Waals surface area (Å²) in [5.74, 6) is -1.80. The maximum absolute atomic E-state index is 13.4. The van der Waals surface area contributed by atoms with Gasteiger partial charge in [-0.05, 0) is 73.0 Å². The quantitative estimate of drug-likeness (QED) is 0.229. The Kier molecular flexibility index (Phi) is 8.05. The molecule has 4 aromatic rings. The molecule has 186 valence electrons. The first-order valence-corrected chi connectivity index (χ1v) is 12.5. The van der Waals surface area contributed by atoms with Crippen LogP contribution in [0.25, 0.3) is 0 Å². The van der Waals surface area contributed by atoms with E-state index in [2.05, 4.69) is 10.6 Å². The molecule has 7 heteroatoms. The van der Waals surface area contributed by atoms with Gasteiger partial charge in [0.1, 0.15) is 5.25 Å². The predicted octanol–water partition coefficient (Wildman–Crippen LogP) is 6.73. The maximum Gasteiger partial charge on any atom is 0.336 e. The summed E-state index contributed by atoms with van der Waals surface area (Å²) >= 11 is 1.41. The number of benzene rings is 4. The smallest absolute Gasteiger partial charge is 0.336 e. The maximum atomic E-state index is 13.4. The predicted molar refractivity (Wildman–Crippen MR) is 147 cm³/mol. The Bertz CT molecular complexity index is 1440. The van der Waals surface area contributed by atoms with Crippen molar-refractivity contribution in [3.05, 3.63) is 125 Å². The molecule has 0 aliphatic heterocycles. The molecule has 0 spiro atoms. The van der Waals surface area contributed by atoms with E-state index in [0.717, 1.165) is 27.3 Å². The van der Waals surface area contributed by atoms with Crippen molar-refractivity contribution in [3.8, 4) is 0 Å². The minimum atomic E-state index is -1.16. The van der Waals surface area contributed by atoms with Gasteiger partial charge in [0.15, 0.2) is 0 Å². The summed E-state index contributed by atoms with van der Waals surface area (Å²) < 4.78 is 0. The summed E-state index contributed by atoms with van der Waals surface area (Å²) in [5, 5.41) is 14.7. The lowest BCUT2D eigenvalue weighted by Gasteiger charge is -2.18. The van der Waals surface area contributed by atoms with E-state index in [1.807, 2.05) is 74.5 Å². The minimum absolute atomic E-state index is 0.0623. The topological polar surface area (TPSA) is 95.5 Å². The van der Waals surface area contributed by atoms with E-state index >= 15 is 0 Å². The van der Waals surface area contributed by atoms with Crippen LogP contribution in [0.4, 0.5) is 11.4 Å². The lowest BCUT2D eigenvalue weighted by atomic mass is 10.1. The first-order chi connectivity index (χ1) is 17.8. The molecule has 2 amide bonds. The Balaban J connectivity index is 1.52. The van der Waals surface area contributed by atoms with Crippen molar-refractivity contribution in [1.82, 2.24) is 0 Å². The summed E-state index contributed by atoms with van der Waals surface area (Å²) in [6.45, 7) is 3.95. The molecule has 3 N–H and O–H groups in total. The molecule has 0 aliphatic carbocycles. The molecule has 4 rings (SSSR count). The van der Waals surface area contributed by atoms with E-state index < -0.39 is 17.1 Å². The summed E-state index contributed by atoms with van der Waals surface area (Å²) in [4.78, 5) is 38.3. The van der Waals surface area contributed by atoms with Crippen LogP contribution in [0.5, 0.6) is 0 Å². The molecular weight excluding hydrogens is 484 g/mol. The van der Waals surface area contributed by atoms with Crippen molar-refractivity contribution in [2.45, 2.75) is 24.0 Å². The van der Waals surface area contributed by atoms with Gasteiger partial charge in [-0.2, -0.15) is 0 Å². The number of rotatable bonds is 8. The zero-order valence-electron chi connectivity index (χ0n) is 20.4. The highest BCUT2D eigenvalue weighted by Gasteiger charge is 2.23. The molecule has 0 aromatic heterocycles. The first kappa shape index (κ1) is 25.7. The first-order valence-electron chi connectivity index (χ1n) is 11.7. The van der Waals surface area contributed by atoms with Crippen LogP contribution in [-0.2, 0) is 4.79 Å². The van der Waals surface area contributed by atoms with Crippen molar-refractivity contribution in [3.63, 3.8) is 0 Å². The van der Waals surface area contributed by atoms with E-state index in [-0.39, 0.29) is 17.0 Å². The van der Waals surface area contributed by atoms with Gasteiger partial charge in [-0.25, -0.2) is 4.79 Å². The minimum Gasteiger partial charge on any atom is -0.478 e. The second-order valence-electron chi connectivity index (χ2n) is 8.55. The number of hydrogen-bond acceptors (Lipinski definition) is 4. The van der Waals surface area contributed by atoms with Gasteiger partial charge in [-0.1, -0.05) is 54.6 Å². The Morgan fingerprint density at radius 1 is 0.757 bits per heavy atom. The van der Waals surface area contributed by atoms with Crippen LogP contribution in [0.15, 0.2) is 102 Å². The molecular formula is C30H26N2O4S. The standard InChI is InChI=1S/C30H26N2O4S/c1-19-12-13-20(2)26(18-19)32-29(34)27(21-8-4-3-5-9-21)37-23-16-14-22(15-17-23)31-28(33)24-10-6-7-11-25(24)30(35)36/h3-18,27H,1-2H3,(H,31,33)(H,32,34)(H,35,36). The normalized spacial score (nSPS) is 11.4. The van der Waals surface area contributed by atoms with Crippen LogP contribution in [0.3, 0.4) is 0 Å². The molecule has 0 aliphatic rings. The average Bonchev–Trinajstić information content (AvgIpc) is 2.90. The van der Waals surface area contributed by atoms with Gasteiger partial charge in [-0.15, -0.1) is 11.8 Å². The van der Waals surface area contributed by atoms with Gasteiger partial charge in [0.05, 0.1) is 11.1 Å². The second-order valence-corrected chi connectivity index (χ2v) is 9.72. The van der Waals surface area contributed by atoms with Crippen LogP contribution in [0.2, 0.25) is 0 Å². The molecule has 0 fully saturated rings. The molecule has 0 saturated carbocycles. The van der Waals surface area contributed by atoms with E-state index in [9.17, 15) is 19.5 Å². The lowest BCUT2D eigenvalue weighted by Crippen LogP contribution is -2.19. The number of amides is 2. The van der Waals surface area contributed by atoms with Crippen molar-refractivity contribution in [1.29, 1.82) is 0 Å². The fourth-order valence-electron chi connectivity index (χ4n) is 3.79. The molecule has 1 atom stereocenters. The Labute approximate surface area is 219 Å². The molecule has 37 heavy (non-hydrogen) atoms. The number of anilines is 2. The number of carbonyl (C=O) groups excluding carboxylic acids is 2. The second kappa shape index (κ2) is 11.6. The molecule has 0 bridgehead atoms. The summed E-state index contributed by atoms with van der Waals surface area (Å²) in [7, 11) is 0. The van der Waals surface area contributed by atoms with Crippen molar-refractivity contribution in [2.75, 3.05) is 10.6 Å². The monoisotopic (exact) mass is 510 g/mol. The van der Waals surface area contributed by atoms with Crippen molar-refractivity contribution >= 4 is 40.9 Å². The van der Waals surface area contributed by atoms with Crippen LogP contribution in [0.1, 0.15) is 42.7 Å². The van der Waals surface area contributed by atoms with Gasteiger partial charge < -0.3 is 15.7 Å².